The van der Waals surface area contributed by atoms with Crippen LogP contribution in [0.2, 0.25) is 0 Å². The lowest BCUT2D eigenvalue weighted by molar-refractivity contribution is 0.0938. The summed E-state index contributed by atoms with van der Waals surface area (Å²) in [5.41, 5.74) is 1.45. The maximum Gasteiger partial charge on any atom is 0.318 e. The lowest BCUT2D eigenvalue weighted by Crippen LogP contribution is -2.30. The van der Waals surface area contributed by atoms with Gasteiger partial charge in [0.2, 0.25) is 5.89 Å². The molecule has 3 aromatic rings. The van der Waals surface area contributed by atoms with Crippen LogP contribution in [-0.2, 0) is 0 Å². The van der Waals surface area contributed by atoms with E-state index in [1.807, 2.05) is 42.5 Å². The van der Waals surface area contributed by atoms with Crippen LogP contribution in [0.5, 0.6) is 0 Å². The molecule has 6 nitrogen and oxygen atoms in total. The number of hydrogen-bond acceptors (Lipinski definition) is 5. The molecular formula is C21H21BrN4O2. The van der Waals surface area contributed by atoms with E-state index in [4.69, 9.17) is 4.42 Å². The first-order chi connectivity index (χ1) is 13.7. The van der Waals surface area contributed by atoms with Gasteiger partial charge < -0.3 is 14.6 Å². The van der Waals surface area contributed by atoms with Gasteiger partial charge in [-0.2, -0.15) is 0 Å². The molecule has 0 spiro atoms. The number of rotatable bonds is 5. The van der Waals surface area contributed by atoms with E-state index in [1.165, 1.54) is 6.42 Å². The average molecular weight is 441 g/mol. The van der Waals surface area contributed by atoms with Gasteiger partial charge >= 0.3 is 6.01 Å². The molecule has 144 valence electrons. The highest BCUT2D eigenvalue weighted by atomic mass is 79.9. The molecule has 0 radical (unpaired) electrons. The number of nitrogens with zero attached hydrogens (tertiary/aromatic N) is 3. The van der Waals surface area contributed by atoms with Crippen LogP contribution in [0.25, 0.3) is 0 Å². The molecule has 1 amide bonds. The van der Waals surface area contributed by atoms with Crippen molar-refractivity contribution in [2.24, 2.45) is 0 Å². The Morgan fingerprint density at radius 2 is 1.82 bits per heavy atom. The average Bonchev–Trinajstić information content (AvgIpc) is 3.23. The Bertz CT molecular complexity index is 938. The number of hydrogen-bond donors (Lipinski definition) is 1. The molecule has 4 rings (SSSR count). The number of piperidine rings is 1. The molecule has 7 heteroatoms. The van der Waals surface area contributed by atoms with Crippen LogP contribution in [-0.4, -0.2) is 29.2 Å². The molecule has 1 fully saturated rings. The standard InChI is InChI=1S/C21H21BrN4O2/c22-17-11-7-10-16(14-17)19(27)23-18(15-8-3-1-4-9-15)20-24-25-21(28-20)26-12-5-2-6-13-26/h1,3-4,7-11,14,18H,2,5-6,12-13H2,(H,23,27)/t18-/m1/s1. The largest absolute Gasteiger partial charge is 0.405 e. The quantitative estimate of drug-likeness (QED) is 0.638. The summed E-state index contributed by atoms with van der Waals surface area (Å²) >= 11 is 3.41. The number of carbonyl (C=O) groups excluding carboxylic acids is 1. The lowest BCUT2D eigenvalue weighted by atomic mass is 10.1. The zero-order valence-corrected chi connectivity index (χ0v) is 16.9. The zero-order chi connectivity index (χ0) is 19.3. The third-order valence-electron chi connectivity index (χ3n) is 4.80. The number of nitrogens with one attached hydrogen (secondary N) is 1. The third kappa shape index (κ3) is 4.25. The molecule has 1 saturated heterocycles. The minimum Gasteiger partial charge on any atom is -0.405 e. The summed E-state index contributed by atoms with van der Waals surface area (Å²) in [6.45, 7) is 1.84. The normalized spacial score (nSPS) is 15.2. The molecule has 2 heterocycles. The van der Waals surface area contributed by atoms with Crippen molar-refractivity contribution in [2.45, 2.75) is 25.3 Å². The van der Waals surface area contributed by atoms with Crippen molar-refractivity contribution in [3.63, 3.8) is 0 Å². The van der Waals surface area contributed by atoms with E-state index in [-0.39, 0.29) is 5.91 Å². The summed E-state index contributed by atoms with van der Waals surface area (Å²) in [6.07, 6.45) is 3.48. The zero-order valence-electron chi connectivity index (χ0n) is 15.3. The number of benzene rings is 2. The van der Waals surface area contributed by atoms with E-state index in [1.54, 1.807) is 12.1 Å². The van der Waals surface area contributed by atoms with Gasteiger partial charge in [0, 0.05) is 23.1 Å². The van der Waals surface area contributed by atoms with Gasteiger partial charge in [-0.15, -0.1) is 5.10 Å². The predicted molar refractivity (Wildman–Crippen MR) is 110 cm³/mol. The molecule has 1 aromatic heterocycles. The van der Waals surface area contributed by atoms with Gasteiger partial charge in [-0.05, 0) is 43.0 Å². The van der Waals surface area contributed by atoms with Crippen molar-refractivity contribution in [1.29, 1.82) is 0 Å². The molecule has 0 saturated carbocycles. The molecule has 0 aliphatic carbocycles. The molecule has 0 bridgehead atoms. The number of aromatic nitrogens is 2. The first kappa shape index (κ1) is 18.7. The van der Waals surface area contributed by atoms with Gasteiger partial charge in [-0.3, -0.25) is 4.79 Å². The van der Waals surface area contributed by atoms with Gasteiger partial charge in [0.1, 0.15) is 6.04 Å². The summed E-state index contributed by atoms with van der Waals surface area (Å²) in [5.74, 6) is 0.183. The van der Waals surface area contributed by atoms with Crippen LogP contribution in [0.3, 0.4) is 0 Å². The number of amides is 1. The van der Waals surface area contributed by atoms with E-state index in [2.05, 4.69) is 36.3 Å². The smallest absolute Gasteiger partial charge is 0.318 e. The summed E-state index contributed by atoms with van der Waals surface area (Å²) in [7, 11) is 0. The number of carbonyl (C=O) groups is 1. The highest BCUT2D eigenvalue weighted by Gasteiger charge is 2.25. The van der Waals surface area contributed by atoms with Crippen LogP contribution < -0.4 is 10.2 Å². The fraction of sp³-hybridized carbons (Fsp3) is 0.286. The van der Waals surface area contributed by atoms with Crippen molar-refractivity contribution in [2.75, 3.05) is 18.0 Å². The third-order valence-corrected chi connectivity index (χ3v) is 5.29. The SMILES string of the molecule is O=C(N[C@H](c1ccccc1)c1nnc(N2CCCCC2)o1)c1cccc(Br)c1. The maximum atomic E-state index is 12.8. The Morgan fingerprint density at radius 1 is 1.04 bits per heavy atom. The first-order valence-corrected chi connectivity index (χ1v) is 10.2. The molecule has 28 heavy (non-hydrogen) atoms. The summed E-state index contributed by atoms with van der Waals surface area (Å²) < 4.78 is 6.83. The summed E-state index contributed by atoms with van der Waals surface area (Å²) in [4.78, 5) is 14.9. The molecule has 0 unspecified atom stereocenters. The maximum absolute atomic E-state index is 12.8. The van der Waals surface area contributed by atoms with Crippen LogP contribution in [0.15, 0.2) is 63.5 Å². The Kier molecular flexibility index (Phi) is 5.71. The van der Waals surface area contributed by atoms with Gasteiger partial charge in [0.25, 0.3) is 5.91 Å². The molecule has 1 aliphatic heterocycles. The highest BCUT2D eigenvalue weighted by Crippen LogP contribution is 2.26. The Hall–Kier alpha value is -2.67. The van der Waals surface area contributed by atoms with Gasteiger partial charge in [0.05, 0.1) is 0 Å². The second-order valence-corrected chi connectivity index (χ2v) is 7.71. The molecule has 1 N–H and O–H groups in total. The van der Waals surface area contributed by atoms with Crippen LogP contribution in [0.1, 0.15) is 47.1 Å². The van der Waals surface area contributed by atoms with Crippen LogP contribution in [0, 0.1) is 0 Å². The second kappa shape index (κ2) is 8.56. The minimum atomic E-state index is -0.515. The van der Waals surface area contributed by atoms with Crippen molar-refractivity contribution in [3.05, 3.63) is 76.1 Å². The van der Waals surface area contributed by atoms with Gasteiger partial charge in [0.15, 0.2) is 0 Å². The Balaban J connectivity index is 1.61. The van der Waals surface area contributed by atoms with Crippen LogP contribution in [0.4, 0.5) is 6.01 Å². The van der Waals surface area contributed by atoms with E-state index < -0.39 is 6.04 Å². The van der Waals surface area contributed by atoms with Gasteiger partial charge in [-0.25, -0.2) is 0 Å². The van der Waals surface area contributed by atoms with Crippen molar-refractivity contribution < 1.29 is 9.21 Å². The molecule has 1 atom stereocenters. The van der Waals surface area contributed by atoms with Crippen molar-refractivity contribution in [3.8, 4) is 0 Å². The van der Waals surface area contributed by atoms with Crippen molar-refractivity contribution in [1.82, 2.24) is 15.5 Å². The Labute approximate surface area is 172 Å². The fourth-order valence-corrected chi connectivity index (χ4v) is 3.73. The summed E-state index contributed by atoms with van der Waals surface area (Å²) in [5, 5.41) is 11.5. The predicted octanol–water partition coefficient (Wildman–Crippen LogP) is 4.34. The second-order valence-electron chi connectivity index (χ2n) is 6.80. The fourth-order valence-electron chi connectivity index (χ4n) is 3.33. The van der Waals surface area contributed by atoms with E-state index in [9.17, 15) is 4.79 Å². The molecule has 1 aliphatic rings. The van der Waals surface area contributed by atoms with E-state index in [0.717, 1.165) is 36.0 Å². The Morgan fingerprint density at radius 3 is 2.57 bits per heavy atom. The van der Waals surface area contributed by atoms with Crippen LogP contribution >= 0.6 is 15.9 Å². The monoisotopic (exact) mass is 440 g/mol. The highest BCUT2D eigenvalue weighted by molar-refractivity contribution is 9.10. The molecular weight excluding hydrogens is 420 g/mol. The van der Waals surface area contributed by atoms with E-state index >= 15 is 0 Å². The number of anilines is 1. The topological polar surface area (TPSA) is 71.3 Å². The van der Waals surface area contributed by atoms with Gasteiger partial charge in [-0.1, -0.05) is 57.4 Å². The lowest BCUT2D eigenvalue weighted by Gasteiger charge is -2.24. The van der Waals surface area contributed by atoms with Crippen molar-refractivity contribution >= 4 is 27.9 Å². The summed E-state index contributed by atoms with van der Waals surface area (Å²) in [6, 6.07) is 16.9. The molecule has 2 aromatic carbocycles. The minimum absolute atomic E-state index is 0.201. The first-order valence-electron chi connectivity index (χ1n) is 9.40. The number of halogens is 1. The van der Waals surface area contributed by atoms with E-state index in [0.29, 0.717) is 17.5 Å².